The lowest BCUT2D eigenvalue weighted by molar-refractivity contribution is 0.179. The summed E-state index contributed by atoms with van der Waals surface area (Å²) in [5.41, 5.74) is 1.56. The minimum atomic E-state index is -0.323. The Balaban J connectivity index is 2.67. The zero-order chi connectivity index (χ0) is 13.7. The minimum Gasteiger partial charge on any atom is -0.383 e. The zero-order valence-electron chi connectivity index (χ0n) is 10.5. The van der Waals surface area contributed by atoms with Gasteiger partial charge in [0.1, 0.15) is 5.82 Å². The number of hydrogen-bond acceptors (Lipinski definition) is 2. The van der Waals surface area contributed by atoms with Gasteiger partial charge in [-0.05, 0) is 59.7 Å². The molecule has 6 heteroatoms. The van der Waals surface area contributed by atoms with Crippen molar-refractivity contribution >= 4 is 38.9 Å². The highest BCUT2D eigenvalue weighted by molar-refractivity contribution is 9.10. The normalized spacial score (nSPS) is 12.1. The summed E-state index contributed by atoms with van der Waals surface area (Å²) >= 11 is 8.29. The number of anilines is 1. The van der Waals surface area contributed by atoms with Gasteiger partial charge in [0.2, 0.25) is 0 Å². The van der Waals surface area contributed by atoms with E-state index in [4.69, 9.17) is 17.0 Å². The van der Waals surface area contributed by atoms with Crippen molar-refractivity contribution in [3.05, 3.63) is 28.0 Å². The first-order valence-corrected chi connectivity index (χ1v) is 6.66. The van der Waals surface area contributed by atoms with Crippen LogP contribution in [0.4, 0.5) is 10.1 Å². The zero-order valence-corrected chi connectivity index (χ0v) is 12.9. The monoisotopic (exact) mass is 334 g/mol. The first-order chi connectivity index (χ1) is 8.43. The van der Waals surface area contributed by atoms with Gasteiger partial charge in [0, 0.05) is 18.8 Å². The molecule has 0 aromatic heterocycles. The van der Waals surface area contributed by atoms with Crippen molar-refractivity contribution in [2.75, 3.05) is 19.0 Å². The third kappa shape index (κ3) is 4.51. The second-order valence-corrected chi connectivity index (χ2v) is 5.30. The van der Waals surface area contributed by atoms with E-state index in [2.05, 4.69) is 26.6 Å². The Labute approximate surface area is 120 Å². The summed E-state index contributed by atoms with van der Waals surface area (Å²) in [4.78, 5) is 0. The Morgan fingerprint density at radius 1 is 1.56 bits per heavy atom. The largest absolute Gasteiger partial charge is 0.383 e. The average Bonchev–Trinajstić information content (AvgIpc) is 2.26. The SMILES string of the molecule is COCC(C)NC(=S)Nc1cc(F)c(Br)cc1C. The fourth-order valence-electron chi connectivity index (χ4n) is 1.45. The van der Waals surface area contributed by atoms with Gasteiger partial charge in [-0.15, -0.1) is 0 Å². The predicted molar refractivity (Wildman–Crippen MR) is 79.5 cm³/mol. The third-order valence-electron chi connectivity index (χ3n) is 2.31. The first-order valence-electron chi connectivity index (χ1n) is 5.46. The molecule has 0 aliphatic heterocycles. The molecule has 1 atom stereocenters. The molecule has 0 radical (unpaired) electrons. The molecule has 0 saturated heterocycles. The van der Waals surface area contributed by atoms with Gasteiger partial charge in [0.05, 0.1) is 11.1 Å². The molecule has 0 heterocycles. The second-order valence-electron chi connectivity index (χ2n) is 4.04. The van der Waals surface area contributed by atoms with Crippen LogP contribution < -0.4 is 10.6 Å². The summed E-state index contributed by atoms with van der Waals surface area (Å²) < 4.78 is 18.9. The standard InChI is InChI=1S/C12H16BrFN2OS/c1-7-4-9(13)10(14)5-11(7)16-12(18)15-8(2)6-17-3/h4-5,8H,6H2,1-3H3,(H2,15,16,18). The number of hydrogen-bond donors (Lipinski definition) is 2. The van der Waals surface area contributed by atoms with Crippen molar-refractivity contribution < 1.29 is 9.13 Å². The number of ether oxygens (including phenoxy) is 1. The van der Waals surface area contributed by atoms with E-state index in [1.807, 2.05) is 13.8 Å². The number of rotatable bonds is 4. The van der Waals surface area contributed by atoms with Crippen LogP contribution in [-0.2, 0) is 4.74 Å². The molecule has 0 saturated carbocycles. The van der Waals surface area contributed by atoms with Gasteiger partial charge in [-0.3, -0.25) is 0 Å². The van der Waals surface area contributed by atoms with Crippen LogP contribution in [0.25, 0.3) is 0 Å². The molecule has 2 N–H and O–H groups in total. The molecule has 0 bridgehead atoms. The van der Waals surface area contributed by atoms with Crippen molar-refractivity contribution in [2.45, 2.75) is 19.9 Å². The van der Waals surface area contributed by atoms with Gasteiger partial charge >= 0.3 is 0 Å². The van der Waals surface area contributed by atoms with E-state index in [9.17, 15) is 4.39 Å². The summed E-state index contributed by atoms with van der Waals surface area (Å²) in [6.45, 7) is 4.38. The van der Waals surface area contributed by atoms with Crippen LogP contribution in [0.2, 0.25) is 0 Å². The van der Waals surface area contributed by atoms with Crippen LogP contribution in [-0.4, -0.2) is 24.9 Å². The van der Waals surface area contributed by atoms with Crippen LogP contribution in [0.1, 0.15) is 12.5 Å². The molecule has 0 spiro atoms. The molecule has 18 heavy (non-hydrogen) atoms. The van der Waals surface area contributed by atoms with E-state index >= 15 is 0 Å². The Hall–Kier alpha value is -0.720. The van der Waals surface area contributed by atoms with Crippen LogP contribution in [0, 0.1) is 12.7 Å². The highest BCUT2D eigenvalue weighted by atomic mass is 79.9. The second kappa shape index (κ2) is 7.01. The molecule has 0 aliphatic carbocycles. The molecular formula is C12H16BrFN2OS. The Bertz CT molecular complexity index is 442. The fourth-order valence-corrected chi connectivity index (χ4v) is 2.22. The van der Waals surface area contributed by atoms with Crippen molar-refractivity contribution in [2.24, 2.45) is 0 Å². The highest BCUT2D eigenvalue weighted by Gasteiger charge is 2.08. The molecular weight excluding hydrogens is 319 g/mol. The van der Waals surface area contributed by atoms with E-state index in [-0.39, 0.29) is 11.9 Å². The average molecular weight is 335 g/mol. The smallest absolute Gasteiger partial charge is 0.171 e. The summed E-state index contributed by atoms with van der Waals surface area (Å²) in [7, 11) is 1.63. The van der Waals surface area contributed by atoms with E-state index < -0.39 is 0 Å². The number of halogens is 2. The summed E-state index contributed by atoms with van der Waals surface area (Å²) in [6.07, 6.45) is 0. The lowest BCUT2D eigenvalue weighted by Gasteiger charge is -2.17. The molecule has 0 amide bonds. The highest BCUT2D eigenvalue weighted by Crippen LogP contribution is 2.23. The maximum atomic E-state index is 13.4. The number of methoxy groups -OCH3 is 1. The molecule has 3 nitrogen and oxygen atoms in total. The van der Waals surface area contributed by atoms with Crippen molar-refractivity contribution in [3.63, 3.8) is 0 Å². The number of benzene rings is 1. The van der Waals surface area contributed by atoms with E-state index in [1.165, 1.54) is 6.07 Å². The molecule has 1 aromatic rings. The van der Waals surface area contributed by atoms with Gasteiger partial charge in [-0.25, -0.2) is 4.39 Å². The van der Waals surface area contributed by atoms with Crippen LogP contribution in [0.5, 0.6) is 0 Å². The number of nitrogens with one attached hydrogen (secondary N) is 2. The van der Waals surface area contributed by atoms with Crippen LogP contribution in [0.15, 0.2) is 16.6 Å². The van der Waals surface area contributed by atoms with Crippen molar-refractivity contribution in [3.8, 4) is 0 Å². The van der Waals surface area contributed by atoms with Gasteiger partial charge in [-0.1, -0.05) is 0 Å². The van der Waals surface area contributed by atoms with E-state index in [1.54, 1.807) is 13.2 Å². The van der Waals surface area contributed by atoms with Crippen molar-refractivity contribution in [1.29, 1.82) is 0 Å². The lowest BCUT2D eigenvalue weighted by Crippen LogP contribution is -2.38. The molecule has 1 aromatic carbocycles. The van der Waals surface area contributed by atoms with Gasteiger partial charge in [0.25, 0.3) is 0 Å². The number of thiocarbonyl (C=S) groups is 1. The Morgan fingerprint density at radius 2 is 2.22 bits per heavy atom. The van der Waals surface area contributed by atoms with Crippen molar-refractivity contribution in [1.82, 2.24) is 5.32 Å². The number of aryl methyl sites for hydroxylation is 1. The van der Waals surface area contributed by atoms with E-state index in [0.29, 0.717) is 21.9 Å². The molecule has 0 aliphatic rings. The molecule has 100 valence electrons. The first kappa shape index (κ1) is 15.3. The quantitative estimate of drug-likeness (QED) is 0.828. The topological polar surface area (TPSA) is 33.3 Å². The maximum absolute atomic E-state index is 13.4. The van der Waals surface area contributed by atoms with E-state index in [0.717, 1.165) is 5.56 Å². The van der Waals surface area contributed by atoms with Crippen LogP contribution in [0.3, 0.4) is 0 Å². The summed E-state index contributed by atoms with van der Waals surface area (Å²) in [5, 5.41) is 6.47. The fraction of sp³-hybridized carbons (Fsp3) is 0.417. The molecule has 1 unspecified atom stereocenters. The van der Waals surface area contributed by atoms with Gasteiger partial charge in [0.15, 0.2) is 5.11 Å². The molecule has 0 fully saturated rings. The Kier molecular flexibility index (Phi) is 5.98. The third-order valence-corrected chi connectivity index (χ3v) is 3.14. The molecule has 1 rings (SSSR count). The minimum absolute atomic E-state index is 0.0931. The summed E-state index contributed by atoms with van der Waals surface area (Å²) in [6, 6.07) is 3.21. The van der Waals surface area contributed by atoms with Gasteiger partial charge in [-0.2, -0.15) is 0 Å². The van der Waals surface area contributed by atoms with Gasteiger partial charge < -0.3 is 15.4 Å². The lowest BCUT2D eigenvalue weighted by atomic mass is 10.2. The summed E-state index contributed by atoms with van der Waals surface area (Å²) in [5.74, 6) is -0.323. The predicted octanol–water partition coefficient (Wildman–Crippen LogP) is 3.22. The Morgan fingerprint density at radius 3 is 2.83 bits per heavy atom. The maximum Gasteiger partial charge on any atom is 0.171 e. The van der Waals surface area contributed by atoms with Crippen LogP contribution >= 0.6 is 28.1 Å².